The molecule has 2 heterocycles. The van der Waals surface area contributed by atoms with E-state index >= 15 is 0 Å². The monoisotopic (exact) mass is 496 g/mol. The number of benzene rings is 2. The molecule has 9 heteroatoms. The van der Waals surface area contributed by atoms with Gasteiger partial charge in [-0.2, -0.15) is 9.40 Å². The first-order valence-corrected chi connectivity index (χ1v) is 13.3. The minimum absolute atomic E-state index is 0.00791. The number of nitrogens with zero attached hydrogens (tertiary/aromatic N) is 3. The molecule has 0 saturated carbocycles. The highest BCUT2D eigenvalue weighted by molar-refractivity contribution is 7.89. The fraction of sp³-hybridized carbons (Fsp3) is 0.385. The Labute approximate surface area is 207 Å². The second-order valence-electron chi connectivity index (χ2n) is 9.07. The standard InChI is InChI=1S/C26H32N4O4S/c1-18-13-19(2)15-22(14-18)30-25(16-20(3)28-30)27-26(31)21-9-10-23(34-4)24(17-21)35(32,33)29-11-7-5-6-8-12-29/h9-10,13-17H,5-8,11-12H2,1-4H3,(H,27,31). The number of ether oxygens (including phenoxy) is 1. The zero-order valence-corrected chi connectivity index (χ0v) is 21.5. The maximum Gasteiger partial charge on any atom is 0.256 e. The van der Waals surface area contributed by atoms with Crippen molar-refractivity contribution < 1.29 is 17.9 Å². The van der Waals surface area contributed by atoms with Crippen LogP contribution in [0.15, 0.2) is 47.4 Å². The molecule has 186 valence electrons. The van der Waals surface area contributed by atoms with E-state index in [0.29, 0.717) is 18.9 Å². The highest BCUT2D eigenvalue weighted by atomic mass is 32.2. The molecular formula is C26H32N4O4S. The minimum atomic E-state index is -3.80. The first kappa shape index (κ1) is 24.9. The Morgan fingerprint density at radius 1 is 0.943 bits per heavy atom. The van der Waals surface area contributed by atoms with Gasteiger partial charge in [0.05, 0.1) is 18.5 Å². The summed E-state index contributed by atoms with van der Waals surface area (Å²) in [6.45, 7) is 6.81. The van der Waals surface area contributed by atoms with E-state index in [1.165, 1.54) is 23.5 Å². The van der Waals surface area contributed by atoms with Gasteiger partial charge in [0, 0.05) is 24.7 Å². The maximum absolute atomic E-state index is 13.5. The second-order valence-corrected chi connectivity index (χ2v) is 11.0. The molecule has 1 aliphatic rings. The molecule has 0 atom stereocenters. The Bertz CT molecular complexity index is 1320. The third kappa shape index (κ3) is 5.41. The molecule has 35 heavy (non-hydrogen) atoms. The molecule has 1 aliphatic heterocycles. The van der Waals surface area contributed by atoms with Gasteiger partial charge in [-0.25, -0.2) is 13.1 Å². The van der Waals surface area contributed by atoms with E-state index < -0.39 is 15.9 Å². The van der Waals surface area contributed by atoms with Crippen molar-refractivity contribution in [3.8, 4) is 11.4 Å². The highest BCUT2D eigenvalue weighted by Crippen LogP contribution is 2.30. The minimum Gasteiger partial charge on any atom is -0.495 e. The number of methoxy groups -OCH3 is 1. The van der Waals surface area contributed by atoms with Gasteiger partial charge in [-0.05, 0) is 75.1 Å². The molecule has 1 saturated heterocycles. The van der Waals surface area contributed by atoms with Crippen LogP contribution in [0, 0.1) is 20.8 Å². The SMILES string of the molecule is COc1ccc(C(=O)Nc2cc(C)nn2-c2cc(C)cc(C)c2)cc1S(=O)(=O)N1CCCCCC1. The zero-order chi connectivity index (χ0) is 25.2. The fourth-order valence-corrected chi connectivity index (χ4v) is 6.19. The number of nitrogens with one attached hydrogen (secondary N) is 1. The number of amides is 1. The summed E-state index contributed by atoms with van der Waals surface area (Å²) < 4.78 is 35.5. The van der Waals surface area contributed by atoms with Gasteiger partial charge in [-0.3, -0.25) is 4.79 Å². The van der Waals surface area contributed by atoms with E-state index in [-0.39, 0.29) is 16.2 Å². The average molecular weight is 497 g/mol. The van der Waals surface area contributed by atoms with Crippen molar-refractivity contribution in [2.75, 3.05) is 25.5 Å². The first-order valence-electron chi connectivity index (χ1n) is 11.8. The van der Waals surface area contributed by atoms with Crippen molar-refractivity contribution in [2.24, 2.45) is 0 Å². The number of rotatable bonds is 6. The molecule has 0 unspecified atom stereocenters. The van der Waals surface area contributed by atoms with Crippen LogP contribution in [-0.4, -0.2) is 48.6 Å². The molecular weight excluding hydrogens is 464 g/mol. The molecule has 2 aromatic carbocycles. The molecule has 1 amide bonds. The Morgan fingerprint density at radius 3 is 2.23 bits per heavy atom. The Balaban J connectivity index is 1.67. The second kappa shape index (κ2) is 10.2. The maximum atomic E-state index is 13.5. The molecule has 3 aromatic rings. The molecule has 8 nitrogen and oxygen atoms in total. The lowest BCUT2D eigenvalue weighted by atomic mass is 10.1. The van der Waals surface area contributed by atoms with Gasteiger partial charge in [-0.15, -0.1) is 0 Å². The number of hydrogen-bond donors (Lipinski definition) is 1. The number of carbonyl (C=O) groups is 1. The first-order chi connectivity index (χ1) is 16.7. The topological polar surface area (TPSA) is 93.5 Å². The third-order valence-electron chi connectivity index (χ3n) is 6.13. The summed E-state index contributed by atoms with van der Waals surface area (Å²) in [4.78, 5) is 13.3. The summed E-state index contributed by atoms with van der Waals surface area (Å²) in [5.74, 6) is 0.303. The average Bonchev–Trinajstić information content (AvgIpc) is 3.00. The third-order valence-corrected chi connectivity index (χ3v) is 8.05. The zero-order valence-electron chi connectivity index (χ0n) is 20.7. The molecule has 1 N–H and O–H groups in total. The summed E-state index contributed by atoms with van der Waals surface area (Å²) in [5, 5.41) is 7.45. The lowest BCUT2D eigenvalue weighted by molar-refractivity contribution is 0.102. The van der Waals surface area contributed by atoms with Crippen LogP contribution < -0.4 is 10.1 Å². The van der Waals surface area contributed by atoms with E-state index in [1.807, 2.05) is 32.9 Å². The van der Waals surface area contributed by atoms with Gasteiger partial charge in [0.1, 0.15) is 16.5 Å². The van der Waals surface area contributed by atoms with Gasteiger partial charge < -0.3 is 10.1 Å². The van der Waals surface area contributed by atoms with E-state index in [9.17, 15) is 13.2 Å². The Kier molecular flexibility index (Phi) is 7.28. The number of anilines is 1. The normalized spacial score (nSPS) is 15.0. The number of aryl methyl sites for hydroxylation is 3. The van der Waals surface area contributed by atoms with E-state index in [0.717, 1.165) is 48.2 Å². The predicted octanol–water partition coefficient (Wildman–Crippen LogP) is 4.62. The number of carbonyl (C=O) groups excluding carboxylic acids is 1. The van der Waals surface area contributed by atoms with Crippen molar-refractivity contribution in [3.63, 3.8) is 0 Å². The van der Waals surface area contributed by atoms with Crippen LogP contribution in [0.3, 0.4) is 0 Å². The summed E-state index contributed by atoms with van der Waals surface area (Å²) in [6.07, 6.45) is 3.67. The quantitative estimate of drug-likeness (QED) is 0.537. The van der Waals surface area contributed by atoms with Gasteiger partial charge in [0.15, 0.2) is 0 Å². The van der Waals surface area contributed by atoms with Crippen molar-refractivity contribution >= 4 is 21.7 Å². The summed E-state index contributed by atoms with van der Waals surface area (Å²) in [5.41, 5.74) is 3.99. The highest BCUT2D eigenvalue weighted by Gasteiger charge is 2.29. The molecule has 1 aromatic heterocycles. The molecule has 1 fully saturated rings. The van der Waals surface area contributed by atoms with Crippen molar-refractivity contribution in [1.82, 2.24) is 14.1 Å². The van der Waals surface area contributed by atoms with Crippen LogP contribution in [0.5, 0.6) is 5.75 Å². The fourth-order valence-electron chi connectivity index (χ4n) is 4.49. The van der Waals surface area contributed by atoms with Crippen molar-refractivity contribution in [3.05, 3.63) is 64.8 Å². The number of hydrogen-bond acceptors (Lipinski definition) is 5. The molecule has 0 aliphatic carbocycles. The summed E-state index contributed by atoms with van der Waals surface area (Å²) in [7, 11) is -2.37. The summed E-state index contributed by atoms with van der Waals surface area (Å²) >= 11 is 0. The van der Waals surface area contributed by atoms with Crippen LogP contribution in [0.25, 0.3) is 5.69 Å². The van der Waals surface area contributed by atoms with Crippen LogP contribution in [-0.2, 0) is 10.0 Å². The van der Waals surface area contributed by atoms with Gasteiger partial charge in [0.2, 0.25) is 10.0 Å². The van der Waals surface area contributed by atoms with Gasteiger partial charge >= 0.3 is 0 Å². The predicted molar refractivity (Wildman–Crippen MR) is 136 cm³/mol. The van der Waals surface area contributed by atoms with Crippen molar-refractivity contribution in [2.45, 2.75) is 51.3 Å². The van der Waals surface area contributed by atoms with Crippen LogP contribution in [0.4, 0.5) is 5.82 Å². The van der Waals surface area contributed by atoms with Gasteiger partial charge in [-0.1, -0.05) is 18.9 Å². The van der Waals surface area contributed by atoms with E-state index in [1.54, 1.807) is 16.8 Å². The van der Waals surface area contributed by atoms with Gasteiger partial charge in [0.25, 0.3) is 5.91 Å². The van der Waals surface area contributed by atoms with Crippen molar-refractivity contribution in [1.29, 1.82) is 0 Å². The molecule has 4 rings (SSSR count). The van der Waals surface area contributed by atoms with Crippen LogP contribution >= 0.6 is 0 Å². The Morgan fingerprint density at radius 2 is 1.60 bits per heavy atom. The van der Waals surface area contributed by atoms with E-state index in [4.69, 9.17) is 4.74 Å². The molecule has 0 radical (unpaired) electrons. The lowest BCUT2D eigenvalue weighted by Gasteiger charge is -2.21. The lowest BCUT2D eigenvalue weighted by Crippen LogP contribution is -2.32. The number of aromatic nitrogens is 2. The molecule has 0 spiro atoms. The summed E-state index contributed by atoms with van der Waals surface area (Å²) in [6, 6.07) is 12.4. The van der Waals surface area contributed by atoms with Crippen LogP contribution in [0.1, 0.15) is 52.9 Å². The Hall–Kier alpha value is -3.17. The largest absolute Gasteiger partial charge is 0.495 e. The van der Waals surface area contributed by atoms with E-state index in [2.05, 4.69) is 16.5 Å². The van der Waals surface area contributed by atoms with Crippen LogP contribution in [0.2, 0.25) is 0 Å². The molecule has 0 bridgehead atoms. The number of sulfonamides is 1. The smallest absolute Gasteiger partial charge is 0.256 e.